The van der Waals surface area contributed by atoms with Crippen LogP contribution < -0.4 is 0 Å². The second kappa shape index (κ2) is 6.49. The summed E-state index contributed by atoms with van der Waals surface area (Å²) in [6.45, 7) is 0. The molecule has 0 amide bonds. The highest BCUT2D eigenvalue weighted by molar-refractivity contribution is 6.25. The summed E-state index contributed by atoms with van der Waals surface area (Å²) in [6, 6.07) is 38.8. The van der Waals surface area contributed by atoms with Crippen LogP contribution in [0.2, 0.25) is 0 Å². The van der Waals surface area contributed by atoms with Gasteiger partial charge in [0.05, 0.1) is 5.52 Å². The summed E-state index contributed by atoms with van der Waals surface area (Å²) in [4.78, 5) is 3.76. The van der Waals surface area contributed by atoms with E-state index < -0.39 is 0 Å². The molecule has 0 saturated heterocycles. The number of nitrogens with one attached hydrogen (secondary N) is 1. The molecule has 2 heteroatoms. The van der Waals surface area contributed by atoms with Crippen molar-refractivity contribution in [2.45, 2.75) is 0 Å². The van der Waals surface area contributed by atoms with Gasteiger partial charge in [0.2, 0.25) is 0 Å². The van der Waals surface area contributed by atoms with E-state index in [-0.39, 0.29) is 0 Å². The highest BCUT2D eigenvalue weighted by atomic mass is 16.3. The van der Waals surface area contributed by atoms with E-state index >= 15 is 0 Å². The lowest BCUT2D eigenvalue weighted by molar-refractivity contribution is 0.670. The number of aromatic nitrogens is 1. The first-order valence-electron chi connectivity index (χ1n) is 11.6. The quantitative estimate of drug-likeness (QED) is 0.275. The van der Waals surface area contributed by atoms with Gasteiger partial charge >= 0.3 is 0 Å². The van der Waals surface area contributed by atoms with Gasteiger partial charge < -0.3 is 9.40 Å². The average Bonchev–Trinajstić information content (AvgIpc) is 3.46. The lowest BCUT2D eigenvalue weighted by Gasteiger charge is -2.10. The summed E-state index contributed by atoms with van der Waals surface area (Å²) in [5.74, 6) is 0. The Labute approximate surface area is 195 Å². The topological polar surface area (TPSA) is 28.9 Å². The summed E-state index contributed by atoms with van der Waals surface area (Å²) in [5, 5.41) is 9.77. The number of rotatable bonds is 1. The Hall–Kier alpha value is -4.56. The lowest BCUT2D eigenvalue weighted by atomic mass is 9.93. The van der Waals surface area contributed by atoms with Crippen LogP contribution in [0.5, 0.6) is 0 Å². The van der Waals surface area contributed by atoms with Crippen molar-refractivity contribution in [3.63, 3.8) is 0 Å². The Kier molecular flexibility index (Phi) is 3.42. The Morgan fingerprint density at radius 3 is 2.18 bits per heavy atom. The molecule has 2 heterocycles. The van der Waals surface area contributed by atoms with Gasteiger partial charge in [0.1, 0.15) is 11.2 Å². The van der Waals surface area contributed by atoms with E-state index in [1.54, 1.807) is 0 Å². The molecule has 2 nitrogen and oxygen atoms in total. The van der Waals surface area contributed by atoms with E-state index in [4.69, 9.17) is 4.42 Å². The summed E-state index contributed by atoms with van der Waals surface area (Å²) in [7, 11) is 0. The first kappa shape index (κ1) is 17.9. The molecule has 0 fully saturated rings. The molecule has 0 bridgehead atoms. The van der Waals surface area contributed by atoms with Gasteiger partial charge in [0, 0.05) is 38.2 Å². The predicted molar refractivity (Wildman–Crippen MR) is 144 cm³/mol. The number of furan rings is 1. The molecule has 0 radical (unpaired) electrons. The van der Waals surface area contributed by atoms with Crippen LogP contribution in [0.25, 0.3) is 76.4 Å². The van der Waals surface area contributed by atoms with Crippen molar-refractivity contribution in [1.29, 1.82) is 0 Å². The molecule has 0 aliphatic rings. The summed E-state index contributed by atoms with van der Waals surface area (Å²) in [5.41, 5.74) is 6.47. The largest absolute Gasteiger partial charge is 0.455 e. The van der Waals surface area contributed by atoms with Crippen molar-refractivity contribution in [2.75, 3.05) is 0 Å². The van der Waals surface area contributed by atoms with Gasteiger partial charge in [-0.15, -0.1) is 0 Å². The van der Waals surface area contributed by atoms with Gasteiger partial charge in [-0.3, -0.25) is 0 Å². The van der Waals surface area contributed by atoms with Gasteiger partial charge in [-0.2, -0.15) is 0 Å². The molecule has 0 atom stereocenters. The van der Waals surface area contributed by atoms with Crippen molar-refractivity contribution in [3.05, 3.63) is 109 Å². The third-order valence-electron chi connectivity index (χ3n) is 7.18. The Morgan fingerprint density at radius 2 is 1.26 bits per heavy atom. The second-order valence-corrected chi connectivity index (χ2v) is 9.01. The highest BCUT2D eigenvalue weighted by Gasteiger charge is 2.19. The Morgan fingerprint density at radius 1 is 0.529 bits per heavy atom. The van der Waals surface area contributed by atoms with Crippen molar-refractivity contribution in [2.24, 2.45) is 0 Å². The average molecular weight is 434 g/mol. The zero-order valence-electron chi connectivity index (χ0n) is 18.3. The SMILES string of the molecule is c1ccc2c(-c3cccc4c3[nH]c3ccc5ccccc5c34)c3oc4ccccc4c3cc2c1. The number of benzene rings is 6. The maximum atomic E-state index is 6.53. The zero-order valence-corrected chi connectivity index (χ0v) is 18.3. The number of H-pyrrole nitrogens is 1. The molecule has 8 rings (SSSR count). The van der Waals surface area contributed by atoms with Crippen LogP contribution in [0, 0.1) is 0 Å². The first-order chi connectivity index (χ1) is 16.9. The van der Waals surface area contributed by atoms with Gasteiger partial charge in [-0.25, -0.2) is 0 Å². The summed E-state index contributed by atoms with van der Waals surface area (Å²) < 4.78 is 6.53. The predicted octanol–water partition coefficient (Wildman–Crippen LogP) is 9.19. The minimum absolute atomic E-state index is 0.920. The Bertz CT molecular complexity index is 2070. The third kappa shape index (κ3) is 2.29. The molecule has 6 aromatic carbocycles. The number of hydrogen-bond acceptors (Lipinski definition) is 1. The Balaban J connectivity index is 1.59. The van der Waals surface area contributed by atoms with Crippen LogP contribution >= 0.6 is 0 Å². The van der Waals surface area contributed by atoms with E-state index in [1.807, 2.05) is 6.07 Å². The number of hydrogen-bond donors (Lipinski definition) is 1. The van der Waals surface area contributed by atoms with Crippen molar-refractivity contribution >= 4 is 65.3 Å². The first-order valence-corrected chi connectivity index (χ1v) is 11.6. The molecule has 1 N–H and O–H groups in total. The van der Waals surface area contributed by atoms with Gasteiger partial charge in [0.15, 0.2) is 0 Å². The van der Waals surface area contributed by atoms with Crippen molar-refractivity contribution in [3.8, 4) is 11.1 Å². The molecule has 0 unspecified atom stereocenters. The van der Waals surface area contributed by atoms with E-state index in [0.29, 0.717) is 0 Å². The van der Waals surface area contributed by atoms with E-state index in [1.165, 1.54) is 37.9 Å². The van der Waals surface area contributed by atoms with Crippen LogP contribution in [0.4, 0.5) is 0 Å². The third-order valence-corrected chi connectivity index (χ3v) is 7.18. The molecule has 0 saturated carbocycles. The molecular formula is C32H19NO. The minimum atomic E-state index is 0.920. The molecule has 158 valence electrons. The fourth-order valence-electron chi connectivity index (χ4n) is 5.69. The molecule has 0 aliphatic heterocycles. The van der Waals surface area contributed by atoms with Crippen molar-refractivity contribution in [1.82, 2.24) is 4.98 Å². The fourth-order valence-corrected chi connectivity index (χ4v) is 5.69. The summed E-state index contributed by atoms with van der Waals surface area (Å²) >= 11 is 0. The standard InChI is InChI=1S/C32H19NO/c1-3-10-21-19(8-1)16-17-27-29(21)24-13-7-14-25(31(24)33-27)30-22-11-4-2-9-20(22)18-26-23-12-5-6-15-28(23)34-32(26)30/h1-18,33H. The normalized spacial score (nSPS) is 12.1. The smallest absolute Gasteiger partial charge is 0.143 e. The number of fused-ring (bicyclic) bond motifs is 9. The molecule has 8 aromatic rings. The van der Waals surface area contributed by atoms with E-state index in [0.717, 1.165) is 38.5 Å². The van der Waals surface area contributed by atoms with E-state index in [9.17, 15) is 0 Å². The van der Waals surface area contributed by atoms with Crippen LogP contribution in [0.3, 0.4) is 0 Å². The molecule has 34 heavy (non-hydrogen) atoms. The zero-order chi connectivity index (χ0) is 22.2. The maximum absolute atomic E-state index is 6.53. The number of aromatic amines is 1. The van der Waals surface area contributed by atoms with Gasteiger partial charge in [0.25, 0.3) is 0 Å². The highest BCUT2D eigenvalue weighted by Crippen LogP contribution is 2.44. The monoisotopic (exact) mass is 433 g/mol. The molecular weight excluding hydrogens is 414 g/mol. The van der Waals surface area contributed by atoms with Crippen LogP contribution in [-0.4, -0.2) is 4.98 Å². The van der Waals surface area contributed by atoms with Crippen molar-refractivity contribution < 1.29 is 4.42 Å². The molecule has 2 aromatic heterocycles. The van der Waals surface area contributed by atoms with Gasteiger partial charge in [-0.1, -0.05) is 91.0 Å². The maximum Gasteiger partial charge on any atom is 0.143 e. The fraction of sp³-hybridized carbons (Fsp3) is 0. The molecule has 0 spiro atoms. The summed E-state index contributed by atoms with van der Waals surface area (Å²) in [6.07, 6.45) is 0. The van der Waals surface area contributed by atoms with E-state index in [2.05, 4.69) is 108 Å². The van der Waals surface area contributed by atoms with Crippen LogP contribution in [0.1, 0.15) is 0 Å². The lowest BCUT2D eigenvalue weighted by Crippen LogP contribution is -1.85. The number of para-hydroxylation sites is 2. The van der Waals surface area contributed by atoms with Crippen LogP contribution in [0.15, 0.2) is 114 Å². The van der Waals surface area contributed by atoms with Gasteiger partial charge in [-0.05, 0) is 39.7 Å². The minimum Gasteiger partial charge on any atom is -0.455 e. The van der Waals surface area contributed by atoms with Crippen LogP contribution in [-0.2, 0) is 0 Å². The second-order valence-electron chi connectivity index (χ2n) is 9.01. The molecule has 0 aliphatic carbocycles.